The molecule has 2 nitrogen and oxygen atoms in total. The monoisotopic (exact) mass is 162 g/mol. The highest BCUT2D eigenvalue weighted by Gasteiger charge is 2.40. The maximum atomic E-state index is 5.81. The van der Waals surface area contributed by atoms with Crippen molar-refractivity contribution in [2.75, 3.05) is 0 Å². The molecule has 1 aliphatic carbocycles. The van der Waals surface area contributed by atoms with Crippen molar-refractivity contribution in [3.63, 3.8) is 0 Å². The third-order valence-corrected chi connectivity index (χ3v) is 2.63. The zero-order chi connectivity index (χ0) is 8.55. The van der Waals surface area contributed by atoms with Crippen molar-refractivity contribution in [1.82, 2.24) is 4.98 Å². The summed E-state index contributed by atoms with van der Waals surface area (Å²) in [5, 5.41) is 0. The Morgan fingerprint density at radius 2 is 2.50 bits per heavy atom. The molecule has 0 spiro atoms. The van der Waals surface area contributed by atoms with Crippen LogP contribution in [-0.4, -0.2) is 11.0 Å². The highest BCUT2D eigenvalue weighted by molar-refractivity contribution is 5.23. The van der Waals surface area contributed by atoms with Gasteiger partial charge >= 0.3 is 0 Å². The summed E-state index contributed by atoms with van der Waals surface area (Å²) in [4.78, 5) is 4.10. The Balaban J connectivity index is 2.06. The van der Waals surface area contributed by atoms with Crippen LogP contribution >= 0.6 is 0 Å². The lowest BCUT2D eigenvalue weighted by molar-refractivity contribution is 0.631. The van der Waals surface area contributed by atoms with Gasteiger partial charge in [-0.25, -0.2) is 0 Å². The molecule has 0 saturated heterocycles. The average Bonchev–Trinajstić information content (AvgIpc) is 2.84. The lowest BCUT2D eigenvalue weighted by Gasteiger charge is -2.02. The van der Waals surface area contributed by atoms with Crippen molar-refractivity contribution in [3.8, 4) is 0 Å². The summed E-state index contributed by atoms with van der Waals surface area (Å²) in [5.74, 6) is 1.37. The van der Waals surface area contributed by atoms with Crippen molar-refractivity contribution < 1.29 is 0 Å². The molecule has 0 bridgehead atoms. The topological polar surface area (TPSA) is 38.9 Å². The van der Waals surface area contributed by atoms with E-state index >= 15 is 0 Å². The summed E-state index contributed by atoms with van der Waals surface area (Å²) in [5.41, 5.74) is 7.15. The van der Waals surface area contributed by atoms with E-state index in [9.17, 15) is 0 Å². The second kappa shape index (κ2) is 2.87. The van der Waals surface area contributed by atoms with Crippen molar-refractivity contribution in [1.29, 1.82) is 0 Å². The van der Waals surface area contributed by atoms with E-state index in [0.29, 0.717) is 17.9 Å². The summed E-state index contributed by atoms with van der Waals surface area (Å²) in [7, 11) is 0. The second-order valence-electron chi connectivity index (χ2n) is 3.65. The van der Waals surface area contributed by atoms with Crippen LogP contribution in [0.25, 0.3) is 0 Å². The second-order valence-corrected chi connectivity index (χ2v) is 3.65. The fraction of sp³-hybridized carbons (Fsp3) is 0.500. The predicted octanol–water partition coefficient (Wildman–Crippen LogP) is 1.53. The molecule has 1 saturated carbocycles. The number of nitrogens with two attached hydrogens (primary N) is 1. The molecular weight excluding hydrogens is 148 g/mol. The van der Waals surface area contributed by atoms with Gasteiger partial charge in [0, 0.05) is 18.4 Å². The molecule has 1 fully saturated rings. The Labute approximate surface area is 72.8 Å². The van der Waals surface area contributed by atoms with Gasteiger partial charge in [-0.15, -0.1) is 0 Å². The van der Waals surface area contributed by atoms with Crippen LogP contribution in [-0.2, 0) is 0 Å². The molecule has 1 aromatic heterocycles. The van der Waals surface area contributed by atoms with Gasteiger partial charge in [-0.2, -0.15) is 0 Å². The van der Waals surface area contributed by atoms with Crippen molar-refractivity contribution in [2.24, 2.45) is 11.7 Å². The number of hydrogen-bond donors (Lipinski definition) is 1. The Hall–Kier alpha value is -0.890. The first-order valence-electron chi connectivity index (χ1n) is 4.44. The van der Waals surface area contributed by atoms with Crippen LogP contribution < -0.4 is 5.73 Å². The highest BCUT2D eigenvalue weighted by Crippen LogP contribution is 2.48. The average molecular weight is 162 g/mol. The van der Waals surface area contributed by atoms with E-state index in [1.807, 2.05) is 18.5 Å². The Morgan fingerprint density at radius 1 is 1.67 bits per heavy atom. The van der Waals surface area contributed by atoms with Crippen LogP contribution in [0.2, 0.25) is 0 Å². The molecule has 1 aromatic rings. The smallest absolute Gasteiger partial charge is 0.0302 e. The minimum atomic E-state index is 0.329. The number of aromatic nitrogens is 1. The van der Waals surface area contributed by atoms with Gasteiger partial charge in [0.15, 0.2) is 0 Å². The van der Waals surface area contributed by atoms with Gasteiger partial charge in [-0.3, -0.25) is 4.98 Å². The number of nitrogens with zero attached hydrogens (tertiary/aromatic N) is 1. The van der Waals surface area contributed by atoms with Crippen LogP contribution in [0, 0.1) is 5.92 Å². The first kappa shape index (κ1) is 7.74. The van der Waals surface area contributed by atoms with E-state index in [4.69, 9.17) is 5.73 Å². The van der Waals surface area contributed by atoms with E-state index in [2.05, 4.69) is 18.0 Å². The first-order chi connectivity index (χ1) is 5.79. The summed E-state index contributed by atoms with van der Waals surface area (Å²) in [6, 6.07) is 4.46. The van der Waals surface area contributed by atoms with E-state index in [1.165, 1.54) is 12.0 Å². The molecule has 0 unspecified atom stereocenters. The zero-order valence-corrected chi connectivity index (χ0v) is 7.27. The zero-order valence-electron chi connectivity index (χ0n) is 7.27. The molecule has 64 valence electrons. The van der Waals surface area contributed by atoms with Crippen LogP contribution in [0.3, 0.4) is 0 Å². The van der Waals surface area contributed by atoms with Gasteiger partial charge in [-0.05, 0) is 36.8 Å². The maximum absolute atomic E-state index is 5.81. The fourth-order valence-electron chi connectivity index (χ4n) is 1.77. The summed E-state index contributed by atoms with van der Waals surface area (Å²) in [6.45, 7) is 2.08. The Morgan fingerprint density at radius 3 is 3.00 bits per heavy atom. The summed E-state index contributed by atoms with van der Waals surface area (Å²) in [6.07, 6.45) is 5.00. The van der Waals surface area contributed by atoms with Gasteiger partial charge in [0.1, 0.15) is 0 Å². The van der Waals surface area contributed by atoms with Gasteiger partial charge in [0.05, 0.1) is 0 Å². The van der Waals surface area contributed by atoms with E-state index in [1.54, 1.807) is 0 Å². The largest absolute Gasteiger partial charge is 0.328 e. The van der Waals surface area contributed by atoms with Gasteiger partial charge in [0.25, 0.3) is 0 Å². The van der Waals surface area contributed by atoms with Crippen molar-refractivity contribution in [3.05, 3.63) is 30.1 Å². The van der Waals surface area contributed by atoms with Gasteiger partial charge in [-0.1, -0.05) is 6.07 Å². The third-order valence-electron chi connectivity index (χ3n) is 2.63. The molecule has 0 aliphatic heterocycles. The van der Waals surface area contributed by atoms with E-state index in [0.717, 1.165) is 0 Å². The minimum Gasteiger partial charge on any atom is -0.328 e. The molecule has 2 N–H and O–H groups in total. The molecule has 2 heteroatoms. The molecule has 0 radical (unpaired) electrons. The molecule has 0 amide bonds. The van der Waals surface area contributed by atoms with Crippen LogP contribution in [0.1, 0.15) is 24.8 Å². The first-order valence-corrected chi connectivity index (χ1v) is 4.44. The number of hydrogen-bond acceptors (Lipinski definition) is 2. The lowest BCUT2D eigenvalue weighted by Crippen LogP contribution is -2.17. The molecule has 1 aliphatic rings. The normalized spacial score (nSPS) is 29.8. The molecule has 2 rings (SSSR count). The van der Waals surface area contributed by atoms with Crippen molar-refractivity contribution in [2.45, 2.75) is 25.3 Å². The molecule has 0 aromatic carbocycles. The maximum Gasteiger partial charge on any atom is 0.0302 e. The molecule has 1 heterocycles. The van der Waals surface area contributed by atoms with Gasteiger partial charge in [0.2, 0.25) is 0 Å². The molecule has 12 heavy (non-hydrogen) atoms. The highest BCUT2D eigenvalue weighted by atomic mass is 14.7. The fourth-order valence-corrected chi connectivity index (χ4v) is 1.77. The third kappa shape index (κ3) is 1.34. The minimum absolute atomic E-state index is 0.329. The van der Waals surface area contributed by atoms with E-state index in [-0.39, 0.29) is 0 Å². The predicted molar refractivity (Wildman–Crippen MR) is 48.7 cm³/mol. The summed E-state index contributed by atoms with van der Waals surface area (Å²) < 4.78 is 0. The van der Waals surface area contributed by atoms with Crippen molar-refractivity contribution >= 4 is 0 Å². The molecule has 3 atom stereocenters. The van der Waals surface area contributed by atoms with Crippen LogP contribution in [0.5, 0.6) is 0 Å². The molecular formula is C10H14N2. The summed E-state index contributed by atoms with van der Waals surface area (Å²) >= 11 is 0. The van der Waals surface area contributed by atoms with Crippen LogP contribution in [0.4, 0.5) is 0 Å². The lowest BCUT2D eigenvalue weighted by atomic mass is 10.1. The van der Waals surface area contributed by atoms with E-state index < -0.39 is 0 Å². The Bertz CT molecular complexity index is 256. The number of pyridine rings is 1. The Kier molecular flexibility index (Phi) is 1.85. The van der Waals surface area contributed by atoms with Crippen LogP contribution in [0.15, 0.2) is 24.5 Å². The number of rotatable bonds is 2. The quantitative estimate of drug-likeness (QED) is 0.716. The SMILES string of the molecule is C[C@H](N)[C@H]1C[C@@H]1c1cccnc1. The van der Waals surface area contributed by atoms with Gasteiger partial charge < -0.3 is 5.73 Å². The standard InChI is InChI=1S/C10H14N2/c1-7(11)9-5-10(9)8-3-2-4-12-6-8/h2-4,6-7,9-10H,5,11H2,1H3/t7-,9+,10+/m0/s1.